The van der Waals surface area contributed by atoms with Gasteiger partial charge in [-0.3, -0.25) is 0 Å². The van der Waals surface area contributed by atoms with Gasteiger partial charge >= 0.3 is 0 Å². The van der Waals surface area contributed by atoms with Crippen molar-refractivity contribution in [2.24, 2.45) is 11.1 Å². The maximum absolute atomic E-state index is 8.33. The van der Waals surface area contributed by atoms with Gasteiger partial charge in [-0.1, -0.05) is 33.1 Å². The molecule has 0 aromatic carbocycles. The topological polar surface area (TPSA) is 32.6 Å². The number of oxime groups is 1. The molecule has 2 nitrogen and oxygen atoms in total. The second-order valence-electron chi connectivity index (χ2n) is 2.96. The van der Waals surface area contributed by atoms with Crippen molar-refractivity contribution < 1.29 is 5.21 Å². The van der Waals surface area contributed by atoms with Crippen LogP contribution in [0.15, 0.2) is 5.16 Å². The van der Waals surface area contributed by atoms with Crippen molar-refractivity contribution in [2.45, 2.75) is 46.0 Å². The number of nitrogens with zero attached hydrogens (tertiary/aromatic N) is 1. The summed E-state index contributed by atoms with van der Waals surface area (Å²) in [6.07, 6.45) is 7.59. The molecule has 0 saturated carbocycles. The third-order valence-corrected chi connectivity index (χ3v) is 1.87. The van der Waals surface area contributed by atoms with Crippen LogP contribution >= 0.6 is 0 Å². The fraction of sp³-hybridized carbons (Fsp3) is 0.889. The summed E-state index contributed by atoms with van der Waals surface area (Å²) >= 11 is 0. The number of hydrogen-bond acceptors (Lipinski definition) is 2. The van der Waals surface area contributed by atoms with Gasteiger partial charge in [-0.2, -0.15) is 0 Å². The lowest BCUT2D eigenvalue weighted by molar-refractivity contribution is 0.316. The molecule has 1 N–H and O–H groups in total. The molecule has 0 fully saturated rings. The van der Waals surface area contributed by atoms with Crippen LogP contribution in [0.1, 0.15) is 46.0 Å². The summed E-state index contributed by atoms with van der Waals surface area (Å²) in [6.45, 7) is 4.34. The average molecular weight is 157 g/mol. The normalized spacial score (nSPS) is 14.0. The first-order valence-corrected chi connectivity index (χ1v) is 4.52. The van der Waals surface area contributed by atoms with Crippen LogP contribution in [0.4, 0.5) is 0 Å². The molecular formula is C9H19NO. The lowest BCUT2D eigenvalue weighted by atomic mass is 9.99. The molecule has 2 heteroatoms. The van der Waals surface area contributed by atoms with E-state index in [0.29, 0.717) is 5.92 Å². The maximum Gasteiger partial charge on any atom is 0.0466 e. The average Bonchev–Trinajstić information content (AvgIpc) is 2.01. The van der Waals surface area contributed by atoms with Crippen LogP contribution in [-0.2, 0) is 0 Å². The minimum absolute atomic E-state index is 0.491. The Bertz CT molecular complexity index is 102. The van der Waals surface area contributed by atoms with E-state index in [1.54, 1.807) is 6.21 Å². The number of unbranched alkanes of at least 4 members (excludes halogenated alkanes) is 1. The zero-order chi connectivity index (χ0) is 8.53. The Morgan fingerprint density at radius 3 is 2.45 bits per heavy atom. The van der Waals surface area contributed by atoms with Gasteiger partial charge in [0, 0.05) is 6.21 Å². The Morgan fingerprint density at radius 2 is 2.00 bits per heavy atom. The minimum atomic E-state index is 0.491. The van der Waals surface area contributed by atoms with Gasteiger partial charge in [0.05, 0.1) is 0 Å². The Balaban J connectivity index is 3.51. The number of hydrogen-bond donors (Lipinski definition) is 1. The Hall–Kier alpha value is -0.530. The maximum atomic E-state index is 8.33. The van der Waals surface area contributed by atoms with E-state index < -0.39 is 0 Å². The molecule has 66 valence electrons. The summed E-state index contributed by atoms with van der Waals surface area (Å²) in [4.78, 5) is 0. The molecule has 0 rings (SSSR count). The van der Waals surface area contributed by atoms with Crippen molar-refractivity contribution in [3.05, 3.63) is 0 Å². The first-order chi connectivity index (χ1) is 5.35. The summed E-state index contributed by atoms with van der Waals surface area (Å²) in [5.41, 5.74) is 0. The first-order valence-electron chi connectivity index (χ1n) is 4.52. The molecule has 0 aliphatic rings. The van der Waals surface area contributed by atoms with Crippen LogP contribution in [0.2, 0.25) is 0 Å². The molecule has 1 unspecified atom stereocenters. The Kier molecular flexibility index (Phi) is 7.21. The third kappa shape index (κ3) is 5.89. The molecule has 0 aromatic heterocycles. The summed E-state index contributed by atoms with van der Waals surface area (Å²) in [5.74, 6) is 0.491. The van der Waals surface area contributed by atoms with Gasteiger partial charge in [0.25, 0.3) is 0 Å². The van der Waals surface area contributed by atoms with Crippen LogP contribution in [-0.4, -0.2) is 11.4 Å². The summed E-state index contributed by atoms with van der Waals surface area (Å²) in [5, 5.41) is 11.4. The molecular weight excluding hydrogens is 138 g/mol. The predicted octanol–water partition coefficient (Wildman–Crippen LogP) is 3.05. The van der Waals surface area contributed by atoms with E-state index in [1.807, 2.05) is 0 Å². The Labute approximate surface area is 69.3 Å². The molecule has 1 atom stereocenters. The van der Waals surface area contributed by atoms with Crippen molar-refractivity contribution in [3.8, 4) is 0 Å². The Morgan fingerprint density at radius 1 is 1.27 bits per heavy atom. The molecule has 11 heavy (non-hydrogen) atoms. The lowest BCUT2D eigenvalue weighted by Gasteiger charge is -2.07. The molecule has 0 amide bonds. The zero-order valence-electron chi connectivity index (χ0n) is 7.58. The summed E-state index contributed by atoms with van der Waals surface area (Å²) < 4.78 is 0. The molecule has 0 heterocycles. The van der Waals surface area contributed by atoms with Gasteiger partial charge in [0.15, 0.2) is 0 Å². The summed E-state index contributed by atoms with van der Waals surface area (Å²) in [6, 6.07) is 0. The van der Waals surface area contributed by atoms with Crippen LogP contribution in [0.3, 0.4) is 0 Å². The largest absolute Gasteiger partial charge is 0.411 e. The third-order valence-electron chi connectivity index (χ3n) is 1.87. The van der Waals surface area contributed by atoms with E-state index in [4.69, 9.17) is 5.21 Å². The van der Waals surface area contributed by atoms with Gasteiger partial charge in [0.2, 0.25) is 0 Å². The molecule has 0 bridgehead atoms. The van der Waals surface area contributed by atoms with Crippen molar-refractivity contribution >= 4 is 6.21 Å². The van der Waals surface area contributed by atoms with Gasteiger partial charge < -0.3 is 5.21 Å². The molecule has 0 spiro atoms. The van der Waals surface area contributed by atoms with E-state index in [9.17, 15) is 0 Å². The van der Waals surface area contributed by atoms with E-state index in [-0.39, 0.29) is 0 Å². The second-order valence-corrected chi connectivity index (χ2v) is 2.96. The number of rotatable bonds is 6. The van der Waals surface area contributed by atoms with Crippen molar-refractivity contribution in [1.29, 1.82) is 0 Å². The van der Waals surface area contributed by atoms with Crippen LogP contribution in [0.25, 0.3) is 0 Å². The molecule has 0 aliphatic heterocycles. The lowest BCUT2D eigenvalue weighted by Crippen LogP contribution is -2.01. The van der Waals surface area contributed by atoms with E-state index in [2.05, 4.69) is 19.0 Å². The van der Waals surface area contributed by atoms with E-state index >= 15 is 0 Å². The standard InChI is InChI=1S/C9H19NO/c1-3-5-7-9(6-4-2)8-10-11/h8-9,11H,3-7H2,1-2H3. The van der Waals surface area contributed by atoms with Crippen LogP contribution in [0, 0.1) is 5.92 Å². The monoisotopic (exact) mass is 157 g/mol. The van der Waals surface area contributed by atoms with Crippen LogP contribution in [0.5, 0.6) is 0 Å². The fourth-order valence-electron chi connectivity index (χ4n) is 1.22. The van der Waals surface area contributed by atoms with Gasteiger partial charge in [-0.25, -0.2) is 0 Å². The van der Waals surface area contributed by atoms with Crippen molar-refractivity contribution in [1.82, 2.24) is 0 Å². The highest BCUT2D eigenvalue weighted by atomic mass is 16.4. The van der Waals surface area contributed by atoms with E-state index in [1.165, 1.54) is 19.3 Å². The van der Waals surface area contributed by atoms with E-state index in [0.717, 1.165) is 12.8 Å². The smallest absolute Gasteiger partial charge is 0.0466 e. The van der Waals surface area contributed by atoms with Crippen molar-refractivity contribution in [2.75, 3.05) is 0 Å². The molecule has 0 saturated heterocycles. The predicted molar refractivity (Wildman–Crippen MR) is 48.2 cm³/mol. The fourth-order valence-corrected chi connectivity index (χ4v) is 1.22. The van der Waals surface area contributed by atoms with Gasteiger partial charge in [-0.05, 0) is 18.8 Å². The zero-order valence-corrected chi connectivity index (χ0v) is 7.58. The molecule has 0 aliphatic carbocycles. The SMILES string of the molecule is CCCCC(C=NO)CCC. The quantitative estimate of drug-likeness (QED) is 0.359. The van der Waals surface area contributed by atoms with Crippen molar-refractivity contribution in [3.63, 3.8) is 0 Å². The highest BCUT2D eigenvalue weighted by Gasteiger charge is 2.02. The minimum Gasteiger partial charge on any atom is -0.411 e. The molecule has 0 radical (unpaired) electrons. The van der Waals surface area contributed by atoms with Gasteiger partial charge in [0.1, 0.15) is 0 Å². The van der Waals surface area contributed by atoms with Crippen LogP contribution < -0.4 is 0 Å². The second kappa shape index (κ2) is 7.58. The summed E-state index contributed by atoms with van der Waals surface area (Å²) in [7, 11) is 0. The molecule has 0 aromatic rings. The van der Waals surface area contributed by atoms with Gasteiger partial charge in [-0.15, -0.1) is 5.16 Å². The highest BCUT2D eigenvalue weighted by Crippen LogP contribution is 2.12. The first kappa shape index (κ1) is 10.5. The highest BCUT2D eigenvalue weighted by molar-refractivity contribution is 5.59.